The number of hydrogen-bond donors (Lipinski definition) is 1. The molecular formula is C14H34N2O. The molecule has 1 N–H and O–H groups in total. The summed E-state index contributed by atoms with van der Waals surface area (Å²) < 4.78 is 0. The molecule has 0 heterocycles. The van der Waals surface area contributed by atoms with Crippen molar-refractivity contribution in [3.8, 4) is 0 Å². The van der Waals surface area contributed by atoms with Gasteiger partial charge >= 0.3 is 0 Å². The van der Waals surface area contributed by atoms with Crippen LogP contribution in [0.1, 0.15) is 61.7 Å². The molecule has 0 bridgehead atoms. The number of unbranched alkanes of at least 4 members (excludes halogenated alkanes) is 2. The van der Waals surface area contributed by atoms with Gasteiger partial charge in [0.15, 0.2) is 0 Å². The molecule has 0 aromatic rings. The van der Waals surface area contributed by atoms with Crippen LogP contribution in [0.5, 0.6) is 0 Å². The van der Waals surface area contributed by atoms with Crippen LogP contribution in [-0.2, 0) is 4.79 Å². The highest BCUT2D eigenvalue weighted by Crippen LogP contribution is 1.95. The normalized spacial score (nSPS) is 9.47. The van der Waals surface area contributed by atoms with E-state index < -0.39 is 0 Å². The zero-order chi connectivity index (χ0) is 13.5. The summed E-state index contributed by atoms with van der Waals surface area (Å²) in [5.41, 5.74) is 0. The van der Waals surface area contributed by atoms with Crippen LogP contribution in [0, 0.1) is 0 Å². The molecule has 0 spiro atoms. The molecule has 3 heteroatoms. The van der Waals surface area contributed by atoms with Gasteiger partial charge < -0.3 is 10.2 Å². The predicted octanol–water partition coefficient (Wildman–Crippen LogP) is 3.30. The molecule has 0 aliphatic heterocycles. The van der Waals surface area contributed by atoms with Crippen molar-refractivity contribution in [3.05, 3.63) is 0 Å². The largest absolute Gasteiger partial charge is 0.342 e. The van der Waals surface area contributed by atoms with Crippen LogP contribution in [0.2, 0.25) is 0 Å². The standard InChI is InChI=1S/C12H26N2O.C2H6.H2/c1-4-6-8-13-9-11-14(12(3)15)10-7-5-2;1-2;/h13H,4-11H2,1-3H3;1-2H3;1H. The second-order valence-electron chi connectivity index (χ2n) is 3.96. The molecule has 0 atom stereocenters. The Morgan fingerprint density at radius 3 is 2.12 bits per heavy atom. The molecular weight excluding hydrogens is 212 g/mol. The summed E-state index contributed by atoms with van der Waals surface area (Å²) in [4.78, 5) is 13.2. The van der Waals surface area contributed by atoms with Crippen molar-refractivity contribution in [1.29, 1.82) is 0 Å². The first-order valence-corrected chi connectivity index (χ1v) is 7.18. The van der Waals surface area contributed by atoms with Crippen molar-refractivity contribution in [2.24, 2.45) is 0 Å². The smallest absolute Gasteiger partial charge is 0.219 e. The fourth-order valence-corrected chi connectivity index (χ4v) is 1.42. The van der Waals surface area contributed by atoms with E-state index in [4.69, 9.17) is 0 Å². The topological polar surface area (TPSA) is 32.3 Å². The molecule has 0 unspecified atom stereocenters. The summed E-state index contributed by atoms with van der Waals surface area (Å²) in [5, 5.41) is 3.35. The third-order valence-corrected chi connectivity index (χ3v) is 2.49. The molecule has 0 aromatic heterocycles. The zero-order valence-corrected chi connectivity index (χ0v) is 12.5. The summed E-state index contributed by atoms with van der Waals surface area (Å²) in [6, 6.07) is 0. The minimum atomic E-state index is 0. The van der Waals surface area contributed by atoms with E-state index in [1.165, 1.54) is 12.8 Å². The highest BCUT2D eigenvalue weighted by molar-refractivity contribution is 5.73. The van der Waals surface area contributed by atoms with Crippen LogP contribution in [-0.4, -0.2) is 37.0 Å². The number of carbonyl (C=O) groups excluding carboxylic acids is 1. The molecule has 0 saturated heterocycles. The molecule has 106 valence electrons. The highest BCUT2D eigenvalue weighted by Gasteiger charge is 2.06. The molecule has 0 aliphatic rings. The minimum absolute atomic E-state index is 0. The number of rotatable bonds is 9. The summed E-state index contributed by atoms with van der Waals surface area (Å²) >= 11 is 0. The molecule has 0 saturated carbocycles. The molecule has 17 heavy (non-hydrogen) atoms. The third kappa shape index (κ3) is 13.4. The number of hydrogen-bond acceptors (Lipinski definition) is 2. The Balaban J connectivity index is -0.000000709. The first-order chi connectivity index (χ1) is 8.22. The molecule has 1 amide bonds. The van der Waals surface area contributed by atoms with Gasteiger partial charge in [-0.05, 0) is 19.4 Å². The second kappa shape index (κ2) is 15.4. The van der Waals surface area contributed by atoms with Crippen LogP contribution in [0.4, 0.5) is 0 Å². The van der Waals surface area contributed by atoms with E-state index in [1.54, 1.807) is 6.92 Å². The molecule has 0 rings (SSSR count). The van der Waals surface area contributed by atoms with Gasteiger partial charge in [-0.2, -0.15) is 0 Å². The summed E-state index contributed by atoms with van der Waals surface area (Å²) in [6.45, 7) is 13.7. The Bertz CT molecular complexity index is 166. The van der Waals surface area contributed by atoms with Gasteiger partial charge in [-0.25, -0.2) is 0 Å². The molecule has 0 aromatic carbocycles. The maximum atomic E-state index is 11.3. The van der Waals surface area contributed by atoms with Gasteiger partial charge in [0.2, 0.25) is 5.91 Å². The van der Waals surface area contributed by atoms with Gasteiger partial charge in [0, 0.05) is 28.0 Å². The fourth-order valence-electron chi connectivity index (χ4n) is 1.42. The van der Waals surface area contributed by atoms with Crippen LogP contribution >= 0.6 is 0 Å². The van der Waals surface area contributed by atoms with Gasteiger partial charge in [-0.1, -0.05) is 40.5 Å². The van der Waals surface area contributed by atoms with Gasteiger partial charge in [-0.3, -0.25) is 4.79 Å². The zero-order valence-electron chi connectivity index (χ0n) is 12.5. The van der Waals surface area contributed by atoms with Crippen molar-refractivity contribution in [1.82, 2.24) is 10.2 Å². The van der Waals surface area contributed by atoms with Gasteiger partial charge in [0.25, 0.3) is 0 Å². The number of amides is 1. The summed E-state index contributed by atoms with van der Waals surface area (Å²) in [6.07, 6.45) is 4.69. The van der Waals surface area contributed by atoms with E-state index in [0.29, 0.717) is 0 Å². The molecule has 0 radical (unpaired) electrons. The van der Waals surface area contributed by atoms with E-state index in [0.717, 1.165) is 39.0 Å². The van der Waals surface area contributed by atoms with Crippen LogP contribution in [0.3, 0.4) is 0 Å². The van der Waals surface area contributed by atoms with E-state index in [2.05, 4.69) is 19.2 Å². The van der Waals surface area contributed by atoms with E-state index in [1.807, 2.05) is 18.7 Å². The van der Waals surface area contributed by atoms with Crippen molar-refractivity contribution in [3.63, 3.8) is 0 Å². The third-order valence-electron chi connectivity index (χ3n) is 2.49. The Hall–Kier alpha value is -0.570. The summed E-state index contributed by atoms with van der Waals surface area (Å²) in [7, 11) is 0. The molecule has 0 aliphatic carbocycles. The Morgan fingerprint density at radius 1 is 1.06 bits per heavy atom. The van der Waals surface area contributed by atoms with Crippen LogP contribution in [0.15, 0.2) is 0 Å². The Morgan fingerprint density at radius 2 is 1.65 bits per heavy atom. The van der Waals surface area contributed by atoms with Gasteiger partial charge in [0.05, 0.1) is 0 Å². The lowest BCUT2D eigenvalue weighted by atomic mass is 10.3. The lowest BCUT2D eigenvalue weighted by Crippen LogP contribution is -2.36. The van der Waals surface area contributed by atoms with Crippen LogP contribution < -0.4 is 5.32 Å². The van der Waals surface area contributed by atoms with Crippen molar-refractivity contribution >= 4 is 5.91 Å². The number of nitrogens with one attached hydrogen (secondary N) is 1. The number of carbonyl (C=O) groups is 1. The lowest BCUT2D eigenvalue weighted by Gasteiger charge is -2.20. The van der Waals surface area contributed by atoms with Gasteiger partial charge in [-0.15, -0.1) is 0 Å². The van der Waals surface area contributed by atoms with E-state index in [9.17, 15) is 4.79 Å². The first kappa shape index (κ1) is 18.8. The molecule has 0 fully saturated rings. The maximum absolute atomic E-state index is 11.3. The van der Waals surface area contributed by atoms with Crippen LogP contribution in [0.25, 0.3) is 0 Å². The predicted molar refractivity (Wildman–Crippen MR) is 78.4 cm³/mol. The minimum Gasteiger partial charge on any atom is -0.342 e. The average Bonchev–Trinajstić information content (AvgIpc) is 2.35. The second-order valence-corrected chi connectivity index (χ2v) is 3.96. The highest BCUT2D eigenvalue weighted by atomic mass is 16.2. The van der Waals surface area contributed by atoms with Crippen molar-refractivity contribution in [2.75, 3.05) is 26.2 Å². The molecule has 3 nitrogen and oxygen atoms in total. The Kier molecular flexibility index (Phi) is 17.1. The van der Waals surface area contributed by atoms with Gasteiger partial charge in [0.1, 0.15) is 0 Å². The number of nitrogens with zero attached hydrogens (tertiary/aromatic N) is 1. The Labute approximate surface area is 109 Å². The quantitative estimate of drug-likeness (QED) is 0.633. The first-order valence-electron chi connectivity index (χ1n) is 7.18. The fraction of sp³-hybridized carbons (Fsp3) is 0.929. The van der Waals surface area contributed by atoms with E-state index >= 15 is 0 Å². The monoisotopic (exact) mass is 246 g/mol. The summed E-state index contributed by atoms with van der Waals surface area (Å²) in [5.74, 6) is 0.195. The van der Waals surface area contributed by atoms with Crippen molar-refractivity contribution in [2.45, 2.75) is 60.3 Å². The maximum Gasteiger partial charge on any atom is 0.219 e. The SMILES string of the molecule is CC.CCCCNCCN(CCCC)C(C)=O.[HH]. The van der Waals surface area contributed by atoms with E-state index in [-0.39, 0.29) is 7.33 Å². The van der Waals surface area contributed by atoms with Crippen molar-refractivity contribution < 1.29 is 6.22 Å². The average molecular weight is 246 g/mol. The lowest BCUT2D eigenvalue weighted by molar-refractivity contribution is -0.128.